The zero-order chi connectivity index (χ0) is 24.5. The quantitative estimate of drug-likeness (QED) is 0.459. The Morgan fingerprint density at radius 1 is 1.09 bits per heavy atom. The van der Waals surface area contributed by atoms with Crippen molar-refractivity contribution in [2.45, 2.75) is 20.0 Å². The molecule has 5 rings (SSSR count). The van der Waals surface area contributed by atoms with E-state index in [4.69, 9.17) is 10.7 Å². The SMILES string of the molecule is Cc1cc(C2=NCc3ccc(-c4ccn(Cc5cccc(F)c5NC(N)=O)c(=O)c4)cc32)ccn1. The third-order valence-electron chi connectivity index (χ3n) is 5.96. The Morgan fingerprint density at radius 2 is 1.91 bits per heavy atom. The second-order valence-corrected chi connectivity index (χ2v) is 8.37. The van der Waals surface area contributed by atoms with Gasteiger partial charge >= 0.3 is 6.03 Å². The molecular formula is C27H22FN5O2. The first kappa shape index (κ1) is 22.2. The second-order valence-electron chi connectivity index (χ2n) is 8.37. The van der Waals surface area contributed by atoms with Gasteiger partial charge in [-0.1, -0.05) is 24.3 Å². The lowest BCUT2D eigenvalue weighted by atomic mass is 9.96. The molecule has 0 fully saturated rings. The minimum Gasteiger partial charge on any atom is -0.351 e. The molecule has 0 spiro atoms. The van der Waals surface area contributed by atoms with Crippen molar-refractivity contribution in [2.24, 2.45) is 10.7 Å². The number of anilines is 1. The number of nitrogens with one attached hydrogen (secondary N) is 1. The molecular weight excluding hydrogens is 445 g/mol. The van der Waals surface area contributed by atoms with E-state index < -0.39 is 11.8 Å². The number of benzene rings is 2. The fourth-order valence-corrected chi connectivity index (χ4v) is 4.27. The largest absolute Gasteiger partial charge is 0.351 e. The minimum atomic E-state index is -0.875. The summed E-state index contributed by atoms with van der Waals surface area (Å²) < 4.78 is 15.7. The van der Waals surface area contributed by atoms with Gasteiger partial charge < -0.3 is 15.6 Å². The van der Waals surface area contributed by atoms with Gasteiger partial charge in [0.05, 0.1) is 24.5 Å². The van der Waals surface area contributed by atoms with Gasteiger partial charge in [-0.25, -0.2) is 9.18 Å². The highest BCUT2D eigenvalue weighted by molar-refractivity contribution is 6.15. The molecule has 0 bridgehead atoms. The normalized spacial score (nSPS) is 12.2. The van der Waals surface area contributed by atoms with Crippen LogP contribution in [-0.2, 0) is 13.1 Å². The monoisotopic (exact) mass is 467 g/mol. The number of hydrogen-bond donors (Lipinski definition) is 2. The zero-order valence-electron chi connectivity index (χ0n) is 19.0. The van der Waals surface area contributed by atoms with E-state index in [1.54, 1.807) is 24.5 Å². The number of primary amides is 1. The highest BCUT2D eigenvalue weighted by Gasteiger charge is 2.19. The smallest absolute Gasteiger partial charge is 0.316 e. The molecule has 3 N–H and O–H groups in total. The van der Waals surface area contributed by atoms with E-state index in [2.05, 4.69) is 16.4 Å². The Bertz CT molecular complexity index is 1560. The summed E-state index contributed by atoms with van der Waals surface area (Å²) in [5.74, 6) is -0.619. The molecule has 0 saturated carbocycles. The average Bonchev–Trinajstić information content (AvgIpc) is 3.25. The number of nitrogens with two attached hydrogens (primary N) is 1. The number of halogens is 1. The summed E-state index contributed by atoms with van der Waals surface area (Å²) in [4.78, 5) is 33.2. The Kier molecular flexibility index (Phi) is 5.70. The molecule has 3 heterocycles. The first-order valence-corrected chi connectivity index (χ1v) is 11.0. The van der Waals surface area contributed by atoms with Crippen LogP contribution in [-0.4, -0.2) is 21.3 Å². The van der Waals surface area contributed by atoms with Crippen LogP contribution < -0.4 is 16.6 Å². The van der Waals surface area contributed by atoms with Crippen molar-refractivity contribution in [1.29, 1.82) is 0 Å². The summed E-state index contributed by atoms with van der Waals surface area (Å²) in [5.41, 5.74) is 12.0. The van der Waals surface area contributed by atoms with Gasteiger partial charge in [-0.05, 0) is 59.5 Å². The number of carbonyl (C=O) groups excluding carboxylic acids is 1. The van der Waals surface area contributed by atoms with E-state index in [1.807, 2.05) is 37.3 Å². The van der Waals surface area contributed by atoms with Crippen LogP contribution in [0.25, 0.3) is 11.1 Å². The number of amides is 2. The molecule has 2 amide bonds. The number of para-hydroxylation sites is 1. The van der Waals surface area contributed by atoms with E-state index in [0.29, 0.717) is 12.1 Å². The number of urea groups is 1. The topological polar surface area (TPSA) is 102 Å². The Labute approximate surface area is 200 Å². The first-order valence-electron chi connectivity index (χ1n) is 11.0. The number of pyridine rings is 2. The molecule has 0 unspecified atom stereocenters. The van der Waals surface area contributed by atoms with Gasteiger partial charge in [-0.15, -0.1) is 0 Å². The van der Waals surface area contributed by atoms with Crippen molar-refractivity contribution in [1.82, 2.24) is 9.55 Å². The molecule has 0 saturated heterocycles. The van der Waals surface area contributed by atoms with Gasteiger partial charge in [0.15, 0.2) is 0 Å². The van der Waals surface area contributed by atoms with Gasteiger partial charge in [0, 0.05) is 35.3 Å². The van der Waals surface area contributed by atoms with E-state index in [0.717, 1.165) is 39.2 Å². The van der Waals surface area contributed by atoms with Crippen molar-refractivity contribution in [3.63, 3.8) is 0 Å². The maximum absolute atomic E-state index is 14.2. The summed E-state index contributed by atoms with van der Waals surface area (Å²) in [7, 11) is 0. The molecule has 0 radical (unpaired) electrons. The Hall–Kier alpha value is -4.59. The molecule has 7 nitrogen and oxygen atoms in total. The molecule has 2 aromatic carbocycles. The maximum Gasteiger partial charge on any atom is 0.316 e. The average molecular weight is 468 g/mol. The van der Waals surface area contributed by atoms with Crippen LogP contribution in [0.15, 0.2) is 82.8 Å². The number of hydrogen-bond acceptors (Lipinski definition) is 4. The summed E-state index contributed by atoms with van der Waals surface area (Å²) in [6.07, 6.45) is 3.43. The molecule has 35 heavy (non-hydrogen) atoms. The number of aryl methyl sites for hydroxylation is 1. The summed E-state index contributed by atoms with van der Waals surface area (Å²) in [5, 5.41) is 2.30. The molecule has 1 aliphatic rings. The summed E-state index contributed by atoms with van der Waals surface area (Å²) in [6, 6.07) is 16.9. The van der Waals surface area contributed by atoms with Crippen molar-refractivity contribution >= 4 is 17.4 Å². The molecule has 8 heteroatoms. The van der Waals surface area contributed by atoms with Gasteiger partial charge in [0.1, 0.15) is 5.82 Å². The van der Waals surface area contributed by atoms with E-state index >= 15 is 0 Å². The lowest BCUT2D eigenvalue weighted by Gasteiger charge is -2.13. The summed E-state index contributed by atoms with van der Waals surface area (Å²) in [6.45, 7) is 2.64. The standard InChI is InChI=1S/C27H22FN5O2/c1-16-11-19(7-9-30-16)25-22-12-17(5-6-20(22)14-31-25)18-8-10-33(24(34)13-18)15-21-3-2-4-23(28)26(21)32-27(29)35/h2-13H,14-15H2,1H3,(H3,29,32,35). The Balaban J connectivity index is 1.45. The van der Waals surface area contributed by atoms with Crippen molar-refractivity contribution in [3.05, 3.63) is 117 Å². The van der Waals surface area contributed by atoms with E-state index in [9.17, 15) is 14.0 Å². The maximum atomic E-state index is 14.2. The van der Waals surface area contributed by atoms with Crippen molar-refractivity contribution in [3.8, 4) is 11.1 Å². The number of aliphatic imine (C=N–C) groups is 1. The lowest BCUT2D eigenvalue weighted by molar-refractivity contribution is 0.259. The van der Waals surface area contributed by atoms with Crippen LogP contribution in [0.4, 0.5) is 14.9 Å². The summed E-state index contributed by atoms with van der Waals surface area (Å²) >= 11 is 0. The minimum absolute atomic E-state index is 0.0345. The van der Waals surface area contributed by atoms with Crippen LogP contribution in [0, 0.1) is 12.7 Å². The third kappa shape index (κ3) is 4.46. The van der Waals surface area contributed by atoms with Crippen LogP contribution in [0.5, 0.6) is 0 Å². The molecule has 4 aromatic rings. The zero-order valence-corrected chi connectivity index (χ0v) is 19.0. The number of carbonyl (C=O) groups is 1. The highest BCUT2D eigenvalue weighted by Crippen LogP contribution is 2.28. The van der Waals surface area contributed by atoms with Crippen molar-refractivity contribution < 1.29 is 9.18 Å². The van der Waals surface area contributed by atoms with Crippen LogP contribution in [0.1, 0.15) is 27.9 Å². The van der Waals surface area contributed by atoms with Crippen molar-refractivity contribution in [2.75, 3.05) is 5.32 Å². The number of aromatic nitrogens is 2. The van der Waals surface area contributed by atoms with Crippen LogP contribution in [0.3, 0.4) is 0 Å². The molecule has 0 aliphatic carbocycles. The third-order valence-corrected chi connectivity index (χ3v) is 5.96. The van der Waals surface area contributed by atoms with Gasteiger partial charge in [-0.2, -0.15) is 0 Å². The van der Waals surface area contributed by atoms with Crippen LogP contribution >= 0.6 is 0 Å². The molecule has 2 aromatic heterocycles. The van der Waals surface area contributed by atoms with Crippen LogP contribution in [0.2, 0.25) is 0 Å². The molecule has 1 aliphatic heterocycles. The van der Waals surface area contributed by atoms with Gasteiger partial charge in [0.25, 0.3) is 5.56 Å². The lowest BCUT2D eigenvalue weighted by Crippen LogP contribution is -2.23. The second kappa shape index (κ2) is 8.98. The first-order chi connectivity index (χ1) is 16.9. The molecule has 0 atom stereocenters. The predicted octanol–water partition coefficient (Wildman–Crippen LogP) is 4.25. The highest BCUT2D eigenvalue weighted by atomic mass is 19.1. The van der Waals surface area contributed by atoms with Gasteiger partial charge in [-0.3, -0.25) is 14.8 Å². The number of nitrogens with zero attached hydrogens (tertiary/aromatic N) is 3. The fourth-order valence-electron chi connectivity index (χ4n) is 4.27. The van der Waals surface area contributed by atoms with E-state index in [-0.39, 0.29) is 17.8 Å². The fraction of sp³-hybridized carbons (Fsp3) is 0.111. The number of fused-ring (bicyclic) bond motifs is 1. The van der Waals surface area contributed by atoms with Gasteiger partial charge in [0.2, 0.25) is 0 Å². The Morgan fingerprint density at radius 3 is 2.69 bits per heavy atom. The van der Waals surface area contributed by atoms with E-state index in [1.165, 1.54) is 16.7 Å². The number of rotatable bonds is 5. The molecule has 174 valence electrons. The predicted molar refractivity (Wildman–Crippen MR) is 133 cm³/mol.